The number of carboxylic acid groups (broad SMARTS) is 1. The van der Waals surface area contributed by atoms with Gasteiger partial charge in [-0.1, -0.05) is 49.4 Å². The van der Waals surface area contributed by atoms with E-state index in [1.165, 1.54) is 25.3 Å². The second kappa shape index (κ2) is 8.80. The maximum atomic E-state index is 11.2. The highest BCUT2D eigenvalue weighted by Gasteiger charge is 2.16. The van der Waals surface area contributed by atoms with Gasteiger partial charge in [-0.25, -0.2) is 0 Å². The highest BCUT2D eigenvalue weighted by atomic mass is 32.2. The van der Waals surface area contributed by atoms with E-state index in [1.54, 1.807) is 0 Å². The predicted octanol–water partition coefficient (Wildman–Crippen LogP) is 3.69. The molecule has 0 aromatic heterocycles. The summed E-state index contributed by atoms with van der Waals surface area (Å²) in [7, 11) is 0. The van der Waals surface area contributed by atoms with Crippen molar-refractivity contribution in [3.8, 4) is 0 Å². The molecule has 0 aliphatic carbocycles. The Bertz CT molecular complexity index is 424. The first-order valence-electron chi connectivity index (χ1n) is 6.98. The summed E-state index contributed by atoms with van der Waals surface area (Å²) in [6.45, 7) is 3.65. The van der Waals surface area contributed by atoms with Gasteiger partial charge in [-0.3, -0.25) is 9.59 Å². The molecule has 0 bridgehead atoms. The number of rotatable bonds is 8. The first-order valence-corrected chi connectivity index (χ1v) is 7.86. The molecule has 4 heteroatoms. The first-order chi connectivity index (χ1) is 9.51. The SMILES string of the molecule is CCCCc1ccc(CC(CC(=O)O)SC(C)=O)cc1. The van der Waals surface area contributed by atoms with E-state index in [2.05, 4.69) is 19.1 Å². The van der Waals surface area contributed by atoms with Crippen molar-refractivity contribution in [2.24, 2.45) is 0 Å². The second-order valence-electron chi connectivity index (χ2n) is 4.95. The Balaban J connectivity index is 2.62. The third-order valence-electron chi connectivity index (χ3n) is 3.04. The van der Waals surface area contributed by atoms with Crippen LogP contribution >= 0.6 is 11.8 Å². The molecule has 0 amide bonds. The second-order valence-corrected chi connectivity index (χ2v) is 6.43. The standard InChI is InChI=1S/C16H22O3S/c1-3-4-5-13-6-8-14(9-7-13)10-15(11-16(18)19)20-12(2)17/h6-9,15H,3-5,10-11H2,1-2H3,(H,18,19). The Morgan fingerprint density at radius 3 is 2.30 bits per heavy atom. The minimum atomic E-state index is -0.858. The number of carbonyl (C=O) groups is 2. The van der Waals surface area contributed by atoms with Crippen molar-refractivity contribution in [2.45, 2.75) is 51.2 Å². The topological polar surface area (TPSA) is 54.4 Å². The van der Waals surface area contributed by atoms with Gasteiger partial charge in [0.2, 0.25) is 0 Å². The monoisotopic (exact) mass is 294 g/mol. The number of aryl methyl sites for hydroxylation is 1. The quantitative estimate of drug-likeness (QED) is 0.794. The van der Waals surface area contributed by atoms with Crippen LogP contribution in [0.1, 0.15) is 44.2 Å². The van der Waals surface area contributed by atoms with Crippen molar-refractivity contribution < 1.29 is 14.7 Å². The summed E-state index contributed by atoms with van der Waals surface area (Å²) in [5.41, 5.74) is 2.40. The molecule has 0 saturated carbocycles. The fourth-order valence-corrected chi connectivity index (χ4v) is 3.04. The zero-order valence-electron chi connectivity index (χ0n) is 12.1. The molecule has 1 rings (SSSR count). The molecule has 20 heavy (non-hydrogen) atoms. The van der Waals surface area contributed by atoms with Gasteiger partial charge in [-0.15, -0.1) is 0 Å². The Labute approximate surface area is 124 Å². The minimum absolute atomic E-state index is 0.0157. The van der Waals surface area contributed by atoms with E-state index in [4.69, 9.17) is 5.11 Å². The first kappa shape index (κ1) is 16.8. The largest absolute Gasteiger partial charge is 0.481 e. The van der Waals surface area contributed by atoms with Gasteiger partial charge in [0.1, 0.15) is 0 Å². The molecule has 1 aromatic rings. The van der Waals surface area contributed by atoms with E-state index >= 15 is 0 Å². The summed E-state index contributed by atoms with van der Waals surface area (Å²) < 4.78 is 0. The van der Waals surface area contributed by atoms with E-state index < -0.39 is 5.97 Å². The highest BCUT2D eigenvalue weighted by Crippen LogP contribution is 2.21. The van der Waals surface area contributed by atoms with Crippen LogP contribution in [0, 0.1) is 0 Å². The summed E-state index contributed by atoms with van der Waals surface area (Å²) in [4.78, 5) is 22.0. The fraction of sp³-hybridized carbons (Fsp3) is 0.500. The van der Waals surface area contributed by atoms with Crippen molar-refractivity contribution in [3.63, 3.8) is 0 Å². The molecule has 1 unspecified atom stereocenters. The van der Waals surface area contributed by atoms with E-state index in [0.29, 0.717) is 6.42 Å². The van der Waals surface area contributed by atoms with Crippen molar-refractivity contribution in [3.05, 3.63) is 35.4 Å². The number of hydrogen-bond acceptors (Lipinski definition) is 3. The van der Waals surface area contributed by atoms with Crippen molar-refractivity contribution in [2.75, 3.05) is 0 Å². The Kier molecular flexibility index (Phi) is 7.37. The number of aliphatic carboxylic acids is 1. The zero-order chi connectivity index (χ0) is 15.0. The maximum absolute atomic E-state index is 11.2. The lowest BCUT2D eigenvalue weighted by atomic mass is 10.0. The van der Waals surface area contributed by atoms with Crippen LogP contribution in [-0.2, 0) is 22.4 Å². The maximum Gasteiger partial charge on any atom is 0.304 e. The number of carbonyl (C=O) groups excluding carboxylic acids is 1. The number of unbranched alkanes of at least 4 members (excludes halogenated alkanes) is 1. The van der Waals surface area contributed by atoms with Gasteiger partial charge in [0.15, 0.2) is 5.12 Å². The van der Waals surface area contributed by atoms with Crippen molar-refractivity contribution in [1.29, 1.82) is 0 Å². The van der Waals surface area contributed by atoms with Crippen LogP contribution in [0.3, 0.4) is 0 Å². The van der Waals surface area contributed by atoms with Crippen LogP contribution in [0.25, 0.3) is 0 Å². The molecule has 0 heterocycles. The van der Waals surface area contributed by atoms with Crippen LogP contribution in [-0.4, -0.2) is 21.4 Å². The third-order valence-corrected chi connectivity index (χ3v) is 4.04. The molecule has 0 spiro atoms. The van der Waals surface area contributed by atoms with Gasteiger partial charge in [0, 0.05) is 12.2 Å². The molecular formula is C16H22O3S. The Morgan fingerprint density at radius 2 is 1.80 bits per heavy atom. The molecule has 110 valence electrons. The normalized spacial score (nSPS) is 12.1. The molecule has 1 atom stereocenters. The predicted molar refractivity (Wildman–Crippen MR) is 83.1 cm³/mol. The van der Waals surface area contributed by atoms with Crippen LogP contribution in [0.15, 0.2) is 24.3 Å². The number of thioether (sulfide) groups is 1. The molecule has 0 fully saturated rings. The van der Waals surface area contributed by atoms with E-state index in [-0.39, 0.29) is 16.8 Å². The van der Waals surface area contributed by atoms with E-state index in [1.807, 2.05) is 12.1 Å². The lowest BCUT2D eigenvalue weighted by molar-refractivity contribution is -0.136. The Morgan fingerprint density at radius 1 is 1.20 bits per heavy atom. The van der Waals surface area contributed by atoms with Gasteiger partial charge < -0.3 is 5.11 Å². The number of benzene rings is 1. The third kappa shape index (κ3) is 6.75. The lowest BCUT2D eigenvalue weighted by Crippen LogP contribution is -2.14. The average Bonchev–Trinajstić information content (AvgIpc) is 2.36. The van der Waals surface area contributed by atoms with Gasteiger partial charge in [-0.05, 0) is 30.4 Å². The number of hydrogen-bond donors (Lipinski definition) is 1. The fourth-order valence-electron chi connectivity index (χ4n) is 2.07. The van der Waals surface area contributed by atoms with Crippen molar-refractivity contribution >= 4 is 22.8 Å². The van der Waals surface area contributed by atoms with Crippen molar-refractivity contribution in [1.82, 2.24) is 0 Å². The van der Waals surface area contributed by atoms with Crippen LogP contribution in [0.2, 0.25) is 0 Å². The van der Waals surface area contributed by atoms with Crippen LogP contribution in [0.4, 0.5) is 0 Å². The molecule has 0 aliphatic heterocycles. The molecule has 0 saturated heterocycles. The molecule has 1 aromatic carbocycles. The summed E-state index contributed by atoms with van der Waals surface area (Å²) in [5, 5.41) is 8.67. The summed E-state index contributed by atoms with van der Waals surface area (Å²) in [5.74, 6) is -0.858. The van der Waals surface area contributed by atoms with Gasteiger partial charge in [0.25, 0.3) is 0 Å². The smallest absolute Gasteiger partial charge is 0.304 e. The molecule has 0 radical (unpaired) electrons. The van der Waals surface area contributed by atoms with Gasteiger partial charge >= 0.3 is 5.97 Å². The van der Waals surface area contributed by atoms with E-state index in [0.717, 1.165) is 23.7 Å². The van der Waals surface area contributed by atoms with Crippen LogP contribution < -0.4 is 0 Å². The van der Waals surface area contributed by atoms with Gasteiger partial charge in [-0.2, -0.15) is 0 Å². The molecule has 3 nitrogen and oxygen atoms in total. The molecule has 0 aliphatic rings. The average molecular weight is 294 g/mol. The van der Waals surface area contributed by atoms with Crippen LogP contribution in [0.5, 0.6) is 0 Å². The highest BCUT2D eigenvalue weighted by molar-refractivity contribution is 8.14. The van der Waals surface area contributed by atoms with Gasteiger partial charge in [0.05, 0.1) is 6.42 Å². The molecule has 1 N–H and O–H groups in total. The lowest BCUT2D eigenvalue weighted by Gasteiger charge is -2.13. The Hall–Kier alpha value is -1.29. The minimum Gasteiger partial charge on any atom is -0.481 e. The van der Waals surface area contributed by atoms with E-state index in [9.17, 15) is 9.59 Å². The summed E-state index contributed by atoms with van der Waals surface area (Å²) >= 11 is 1.12. The number of carboxylic acids is 1. The molecular weight excluding hydrogens is 272 g/mol. The summed E-state index contributed by atoms with van der Waals surface area (Å²) in [6, 6.07) is 8.28. The zero-order valence-corrected chi connectivity index (χ0v) is 12.9. The summed E-state index contributed by atoms with van der Waals surface area (Å²) in [6.07, 6.45) is 4.07.